The standard InChI is InChI=1S/C16H19NO3/c1-16(9-5-11-20-16)12-17-15(19)14-8-3-2-6-13(14)7-4-10-18/h2-3,6,8,18H,5,9-12H2,1H3,(H,17,19). The summed E-state index contributed by atoms with van der Waals surface area (Å²) in [7, 11) is 0. The molecule has 1 saturated heterocycles. The molecule has 2 N–H and O–H groups in total. The van der Waals surface area contributed by atoms with Crippen LogP contribution in [-0.4, -0.2) is 36.4 Å². The van der Waals surface area contributed by atoms with E-state index in [2.05, 4.69) is 17.2 Å². The van der Waals surface area contributed by atoms with Crippen LogP contribution in [0.15, 0.2) is 24.3 Å². The summed E-state index contributed by atoms with van der Waals surface area (Å²) in [6.07, 6.45) is 1.99. The fraction of sp³-hybridized carbons (Fsp3) is 0.438. The fourth-order valence-corrected chi connectivity index (χ4v) is 2.26. The molecule has 0 spiro atoms. The third kappa shape index (κ3) is 3.60. The summed E-state index contributed by atoms with van der Waals surface area (Å²) in [6, 6.07) is 7.12. The molecule has 0 bridgehead atoms. The summed E-state index contributed by atoms with van der Waals surface area (Å²) in [5.74, 6) is 5.19. The van der Waals surface area contributed by atoms with Crippen LogP contribution >= 0.6 is 0 Å². The Morgan fingerprint density at radius 2 is 2.30 bits per heavy atom. The molecule has 0 aliphatic carbocycles. The summed E-state index contributed by atoms with van der Waals surface area (Å²) in [6.45, 7) is 3.04. The van der Waals surface area contributed by atoms with Crippen LogP contribution in [0.5, 0.6) is 0 Å². The van der Waals surface area contributed by atoms with Gasteiger partial charge in [0.15, 0.2) is 0 Å². The Bertz CT molecular complexity index is 536. The van der Waals surface area contributed by atoms with Crippen molar-refractivity contribution in [1.82, 2.24) is 5.32 Å². The lowest BCUT2D eigenvalue weighted by Crippen LogP contribution is -2.40. The third-order valence-electron chi connectivity index (χ3n) is 3.40. The van der Waals surface area contributed by atoms with E-state index in [1.165, 1.54) is 0 Å². The van der Waals surface area contributed by atoms with Crippen LogP contribution in [-0.2, 0) is 4.74 Å². The first-order valence-corrected chi connectivity index (χ1v) is 6.75. The van der Waals surface area contributed by atoms with E-state index < -0.39 is 0 Å². The Hall–Kier alpha value is -1.83. The normalized spacial score (nSPS) is 21.1. The molecule has 4 nitrogen and oxygen atoms in total. The molecule has 0 aromatic heterocycles. The van der Waals surface area contributed by atoms with Crippen molar-refractivity contribution >= 4 is 5.91 Å². The molecule has 1 fully saturated rings. The SMILES string of the molecule is CC1(CNC(=O)c2ccccc2C#CCO)CCCO1. The highest BCUT2D eigenvalue weighted by molar-refractivity contribution is 5.96. The van der Waals surface area contributed by atoms with Gasteiger partial charge in [0.25, 0.3) is 5.91 Å². The summed E-state index contributed by atoms with van der Waals surface area (Å²) in [4.78, 5) is 12.2. The summed E-state index contributed by atoms with van der Waals surface area (Å²) >= 11 is 0. The maximum absolute atomic E-state index is 12.2. The lowest BCUT2D eigenvalue weighted by molar-refractivity contribution is 0.0206. The number of hydrogen-bond acceptors (Lipinski definition) is 3. The molecule has 1 aliphatic rings. The number of amides is 1. The molecule has 1 amide bonds. The largest absolute Gasteiger partial charge is 0.384 e. The van der Waals surface area contributed by atoms with Crippen LogP contribution in [0.3, 0.4) is 0 Å². The number of aliphatic hydroxyl groups is 1. The highest BCUT2D eigenvalue weighted by Crippen LogP contribution is 2.24. The fourth-order valence-electron chi connectivity index (χ4n) is 2.26. The van der Waals surface area contributed by atoms with E-state index in [-0.39, 0.29) is 18.1 Å². The zero-order valence-electron chi connectivity index (χ0n) is 11.6. The van der Waals surface area contributed by atoms with Crippen molar-refractivity contribution in [2.75, 3.05) is 19.8 Å². The first kappa shape index (κ1) is 14.6. The predicted octanol–water partition coefficient (Wildman–Crippen LogP) is 1.33. The molecule has 1 aromatic rings. The maximum atomic E-state index is 12.2. The molecular formula is C16H19NO3. The first-order chi connectivity index (χ1) is 9.64. The average Bonchev–Trinajstić information content (AvgIpc) is 2.90. The molecule has 1 unspecified atom stereocenters. The monoisotopic (exact) mass is 273 g/mol. The van der Waals surface area contributed by atoms with Crippen molar-refractivity contribution in [1.29, 1.82) is 0 Å². The minimum atomic E-state index is -0.263. The molecule has 0 saturated carbocycles. The van der Waals surface area contributed by atoms with E-state index in [1.807, 2.05) is 13.0 Å². The number of nitrogens with one attached hydrogen (secondary N) is 1. The van der Waals surface area contributed by atoms with Gasteiger partial charge in [-0.15, -0.1) is 0 Å². The van der Waals surface area contributed by atoms with Gasteiger partial charge < -0.3 is 15.2 Å². The predicted molar refractivity (Wildman–Crippen MR) is 76.3 cm³/mol. The van der Waals surface area contributed by atoms with Crippen LogP contribution < -0.4 is 5.32 Å². The van der Waals surface area contributed by atoms with Gasteiger partial charge in [0.2, 0.25) is 0 Å². The lowest BCUT2D eigenvalue weighted by atomic mass is 10.0. The number of aliphatic hydroxyl groups excluding tert-OH is 1. The number of carbonyl (C=O) groups excluding carboxylic acids is 1. The van der Waals surface area contributed by atoms with Gasteiger partial charge in [-0.25, -0.2) is 0 Å². The molecule has 0 radical (unpaired) electrons. The van der Waals surface area contributed by atoms with Crippen molar-refractivity contribution in [2.24, 2.45) is 0 Å². The summed E-state index contributed by atoms with van der Waals surface area (Å²) in [5, 5.41) is 11.7. The van der Waals surface area contributed by atoms with Crippen molar-refractivity contribution in [3.05, 3.63) is 35.4 Å². The van der Waals surface area contributed by atoms with Crippen molar-refractivity contribution in [3.8, 4) is 11.8 Å². The van der Waals surface area contributed by atoms with Crippen molar-refractivity contribution in [3.63, 3.8) is 0 Å². The Kier molecular flexibility index (Phi) is 4.78. The topological polar surface area (TPSA) is 58.6 Å². The number of benzene rings is 1. The van der Waals surface area contributed by atoms with E-state index in [0.717, 1.165) is 19.4 Å². The van der Waals surface area contributed by atoms with E-state index >= 15 is 0 Å². The van der Waals surface area contributed by atoms with Gasteiger partial charge in [-0.3, -0.25) is 4.79 Å². The molecular weight excluding hydrogens is 254 g/mol. The van der Waals surface area contributed by atoms with Gasteiger partial charge in [0, 0.05) is 18.7 Å². The summed E-state index contributed by atoms with van der Waals surface area (Å²) < 4.78 is 5.65. The minimum absolute atomic E-state index is 0.162. The molecule has 1 aromatic carbocycles. The molecule has 1 aliphatic heterocycles. The van der Waals surface area contributed by atoms with Gasteiger partial charge in [0.1, 0.15) is 6.61 Å². The van der Waals surface area contributed by atoms with Gasteiger partial charge in [-0.2, -0.15) is 0 Å². The third-order valence-corrected chi connectivity index (χ3v) is 3.40. The molecule has 1 atom stereocenters. The second-order valence-electron chi connectivity index (χ2n) is 5.09. The maximum Gasteiger partial charge on any atom is 0.252 e. The van der Waals surface area contributed by atoms with Gasteiger partial charge in [-0.05, 0) is 31.9 Å². The summed E-state index contributed by atoms with van der Waals surface area (Å²) in [5.41, 5.74) is 0.882. The lowest BCUT2D eigenvalue weighted by Gasteiger charge is -2.23. The van der Waals surface area contributed by atoms with Crippen LogP contribution in [0.2, 0.25) is 0 Å². The highest BCUT2D eigenvalue weighted by atomic mass is 16.5. The van der Waals surface area contributed by atoms with Gasteiger partial charge >= 0.3 is 0 Å². The average molecular weight is 273 g/mol. The Balaban J connectivity index is 2.05. The molecule has 1 heterocycles. The second kappa shape index (κ2) is 6.56. The highest BCUT2D eigenvalue weighted by Gasteiger charge is 2.30. The number of carbonyl (C=O) groups is 1. The van der Waals surface area contributed by atoms with Crippen LogP contribution in [0.25, 0.3) is 0 Å². The zero-order chi connectivity index (χ0) is 14.4. The van der Waals surface area contributed by atoms with Gasteiger partial charge in [0.05, 0.1) is 11.2 Å². The molecule has 4 heteroatoms. The van der Waals surface area contributed by atoms with Gasteiger partial charge in [-0.1, -0.05) is 24.0 Å². The number of ether oxygens (including phenoxy) is 1. The molecule has 2 rings (SSSR count). The zero-order valence-corrected chi connectivity index (χ0v) is 11.6. The molecule has 20 heavy (non-hydrogen) atoms. The second-order valence-corrected chi connectivity index (χ2v) is 5.09. The Morgan fingerprint density at radius 1 is 1.50 bits per heavy atom. The number of rotatable bonds is 3. The smallest absolute Gasteiger partial charge is 0.252 e. The van der Waals surface area contributed by atoms with Crippen molar-refractivity contribution in [2.45, 2.75) is 25.4 Å². The Morgan fingerprint density at radius 3 is 3.00 bits per heavy atom. The number of hydrogen-bond donors (Lipinski definition) is 2. The van der Waals surface area contributed by atoms with Crippen LogP contribution in [0.1, 0.15) is 35.7 Å². The van der Waals surface area contributed by atoms with Crippen molar-refractivity contribution < 1.29 is 14.6 Å². The van der Waals surface area contributed by atoms with Crippen LogP contribution in [0, 0.1) is 11.8 Å². The Labute approximate surface area is 119 Å². The van der Waals surface area contributed by atoms with E-state index in [4.69, 9.17) is 9.84 Å². The molecule has 106 valence electrons. The van der Waals surface area contributed by atoms with E-state index in [9.17, 15) is 4.79 Å². The van der Waals surface area contributed by atoms with E-state index in [1.54, 1.807) is 18.2 Å². The minimum Gasteiger partial charge on any atom is -0.384 e. The first-order valence-electron chi connectivity index (χ1n) is 6.75. The quantitative estimate of drug-likeness (QED) is 0.817. The van der Waals surface area contributed by atoms with Crippen LogP contribution in [0.4, 0.5) is 0 Å². The van der Waals surface area contributed by atoms with E-state index in [0.29, 0.717) is 17.7 Å².